The molecule has 0 saturated carbocycles. The van der Waals surface area contributed by atoms with Gasteiger partial charge in [0.05, 0.1) is 0 Å². The van der Waals surface area contributed by atoms with Crippen molar-refractivity contribution in [2.45, 2.75) is 19.3 Å². The molecule has 0 saturated heterocycles. The van der Waals surface area contributed by atoms with Crippen LogP contribution in [0.5, 0.6) is 0 Å². The predicted octanol–water partition coefficient (Wildman–Crippen LogP) is 13.6. The molecular formula is C52H35N3O. The zero-order chi connectivity index (χ0) is 37.4. The highest BCUT2D eigenvalue weighted by Gasteiger charge is 2.35. The fourth-order valence-electron chi connectivity index (χ4n) is 8.62. The first-order valence-electron chi connectivity index (χ1n) is 19.1. The quantitative estimate of drug-likeness (QED) is 0.178. The normalized spacial score (nSPS) is 13.0. The van der Waals surface area contributed by atoms with Gasteiger partial charge in [-0.2, -0.15) is 0 Å². The van der Waals surface area contributed by atoms with Crippen molar-refractivity contribution in [3.63, 3.8) is 0 Å². The summed E-state index contributed by atoms with van der Waals surface area (Å²) >= 11 is 0. The molecule has 264 valence electrons. The van der Waals surface area contributed by atoms with Crippen molar-refractivity contribution in [1.82, 2.24) is 15.0 Å². The number of fused-ring (bicyclic) bond motifs is 7. The van der Waals surface area contributed by atoms with E-state index >= 15 is 0 Å². The first kappa shape index (κ1) is 32.3. The van der Waals surface area contributed by atoms with Crippen LogP contribution in [0.15, 0.2) is 180 Å². The summed E-state index contributed by atoms with van der Waals surface area (Å²) in [6.45, 7) is 4.60. The van der Waals surface area contributed by atoms with Crippen LogP contribution in [0.4, 0.5) is 0 Å². The summed E-state index contributed by atoms with van der Waals surface area (Å²) in [5, 5.41) is 4.61. The summed E-state index contributed by atoms with van der Waals surface area (Å²) in [6.07, 6.45) is 0. The van der Waals surface area contributed by atoms with E-state index in [-0.39, 0.29) is 5.41 Å². The molecule has 0 amide bonds. The van der Waals surface area contributed by atoms with Crippen molar-refractivity contribution in [3.8, 4) is 67.5 Å². The molecule has 1 aliphatic rings. The van der Waals surface area contributed by atoms with E-state index in [9.17, 15) is 0 Å². The molecular weight excluding hydrogens is 683 g/mol. The van der Waals surface area contributed by atoms with E-state index in [4.69, 9.17) is 19.4 Å². The van der Waals surface area contributed by atoms with Crippen molar-refractivity contribution < 1.29 is 4.42 Å². The minimum atomic E-state index is -0.157. The number of hydrogen-bond donors (Lipinski definition) is 0. The molecule has 0 spiro atoms. The Kier molecular flexibility index (Phi) is 7.17. The lowest BCUT2D eigenvalue weighted by molar-refractivity contribution is 0.660. The standard InChI is InChI=1S/C52H35N3O/c1-52(2)44-18-10-8-16-40(44)41-27-26-38(30-45(41)52)50-53-49(35-23-20-33(21-24-35)37-25-22-32-12-6-7-15-36(32)28-37)54-51(55-50)39-29-43(34-13-4-3-5-14-34)48-42-17-9-11-19-46(42)56-47(48)31-39/h3-31H,1-2H3. The number of para-hydroxylation sites is 1. The number of benzene rings is 8. The molecule has 11 rings (SSSR count). The van der Waals surface area contributed by atoms with Crippen LogP contribution in [0, 0.1) is 0 Å². The third kappa shape index (κ3) is 5.18. The molecule has 0 fully saturated rings. The average Bonchev–Trinajstić information content (AvgIpc) is 3.75. The Morgan fingerprint density at radius 3 is 1.84 bits per heavy atom. The van der Waals surface area contributed by atoms with Gasteiger partial charge in [0.2, 0.25) is 0 Å². The molecule has 0 aliphatic heterocycles. The van der Waals surface area contributed by atoms with Crippen LogP contribution in [0.25, 0.3) is 100 Å². The SMILES string of the molecule is CC1(C)c2ccccc2-c2ccc(-c3nc(-c4ccc(-c5ccc6ccccc6c5)cc4)nc(-c4cc(-c5ccccc5)c5c(c4)oc4ccccc45)n3)cc21. The molecule has 0 unspecified atom stereocenters. The number of hydrogen-bond acceptors (Lipinski definition) is 4. The Hall–Kier alpha value is -7.17. The lowest BCUT2D eigenvalue weighted by atomic mass is 9.82. The highest BCUT2D eigenvalue weighted by molar-refractivity contribution is 6.13. The maximum Gasteiger partial charge on any atom is 0.164 e. The van der Waals surface area contributed by atoms with Gasteiger partial charge in [-0.3, -0.25) is 0 Å². The number of nitrogens with zero attached hydrogens (tertiary/aromatic N) is 3. The van der Waals surface area contributed by atoms with Crippen molar-refractivity contribution in [2.75, 3.05) is 0 Å². The first-order valence-corrected chi connectivity index (χ1v) is 19.1. The van der Waals surface area contributed by atoms with Crippen LogP contribution >= 0.6 is 0 Å². The Balaban J connectivity index is 1.10. The molecule has 0 N–H and O–H groups in total. The predicted molar refractivity (Wildman–Crippen MR) is 229 cm³/mol. The highest BCUT2D eigenvalue weighted by atomic mass is 16.3. The molecule has 0 bridgehead atoms. The van der Waals surface area contributed by atoms with E-state index in [0.29, 0.717) is 17.5 Å². The lowest BCUT2D eigenvalue weighted by Crippen LogP contribution is -2.15. The van der Waals surface area contributed by atoms with Gasteiger partial charge in [-0.05, 0) is 85.6 Å². The van der Waals surface area contributed by atoms with Crippen molar-refractivity contribution in [3.05, 3.63) is 187 Å². The minimum absolute atomic E-state index is 0.157. The number of aromatic nitrogens is 3. The summed E-state index contributed by atoms with van der Waals surface area (Å²) in [7, 11) is 0. The summed E-state index contributed by atoms with van der Waals surface area (Å²) < 4.78 is 6.52. The van der Waals surface area contributed by atoms with Gasteiger partial charge in [0.1, 0.15) is 11.2 Å². The number of rotatable bonds is 5. The fraction of sp³-hybridized carbons (Fsp3) is 0.0577. The van der Waals surface area contributed by atoms with Crippen LogP contribution < -0.4 is 0 Å². The molecule has 0 atom stereocenters. The molecule has 10 aromatic rings. The highest BCUT2D eigenvalue weighted by Crippen LogP contribution is 2.49. The molecule has 2 aromatic heterocycles. The van der Waals surface area contributed by atoms with E-state index < -0.39 is 0 Å². The Morgan fingerprint density at radius 2 is 1.00 bits per heavy atom. The largest absolute Gasteiger partial charge is 0.456 e. The molecule has 8 aromatic carbocycles. The van der Waals surface area contributed by atoms with Gasteiger partial charge in [0.25, 0.3) is 0 Å². The molecule has 4 heteroatoms. The van der Waals surface area contributed by atoms with E-state index in [1.54, 1.807) is 0 Å². The number of furan rings is 1. The van der Waals surface area contributed by atoms with Crippen LogP contribution in [0.2, 0.25) is 0 Å². The third-order valence-corrected chi connectivity index (χ3v) is 11.5. The van der Waals surface area contributed by atoms with E-state index in [1.165, 1.54) is 38.6 Å². The van der Waals surface area contributed by atoms with Crippen LogP contribution in [0.1, 0.15) is 25.0 Å². The van der Waals surface area contributed by atoms with Crippen LogP contribution in [-0.2, 0) is 5.41 Å². The van der Waals surface area contributed by atoms with Crippen molar-refractivity contribution in [2.24, 2.45) is 0 Å². The average molecular weight is 718 g/mol. The lowest BCUT2D eigenvalue weighted by Gasteiger charge is -2.21. The van der Waals surface area contributed by atoms with Crippen molar-refractivity contribution in [1.29, 1.82) is 0 Å². The zero-order valence-corrected chi connectivity index (χ0v) is 31.0. The summed E-state index contributed by atoms with van der Waals surface area (Å²) in [5.74, 6) is 1.83. The van der Waals surface area contributed by atoms with Gasteiger partial charge >= 0.3 is 0 Å². The monoisotopic (exact) mass is 717 g/mol. The minimum Gasteiger partial charge on any atom is -0.456 e. The Morgan fingerprint density at radius 1 is 0.375 bits per heavy atom. The second-order valence-electron chi connectivity index (χ2n) is 15.2. The summed E-state index contributed by atoms with van der Waals surface area (Å²) in [5.41, 5.74) is 13.9. The maximum absolute atomic E-state index is 6.52. The van der Waals surface area contributed by atoms with Crippen LogP contribution in [0.3, 0.4) is 0 Å². The molecule has 1 aliphatic carbocycles. The molecule has 2 heterocycles. The van der Waals surface area contributed by atoms with Gasteiger partial charge < -0.3 is 4.42 Å². The zero-order valence-electron chi connectivity index (χ0n) is 31.0. The Bertz CT molecular complexity index is 3160. The molecule has 0 radical (unpaired) electrons. The summed E-state index contributed by atoms with van der Waals surface area (Å²) in [4.78, 5) is 15.7. The Labute approximate surface area is 324 Å². The third-order valence-electron chi connectivity index (χ3n) is 11.5. The van der Waals surface area contributed by atoms with E-state index in [0.717, 1.165) is 55.3 Å². The topological polar surface area (TPSA) is 51.8 Å². The van der Waals surface area contributed by atoms with E-state index in [2.05, 4.69) is 172 Å². The smallest absolute Gasteiger partial charge is 0.164 e. The van der Waals surface area contributed by atoms with Gasteiger partial charge in [0.15, 0.2) is 17.5 Å². The van der Waals surface area contributed by atoms with E-state index in [1.807, 2.05) is 18.2 Å². The first-order chi connectivity index (χ1) is 27.5. The maximum atomic E-state index is 6.52. The molecule has 56 heavy (non-hydrogen) atoms. The second-order valence-corrected chi connectivity index (χ2v) is 15.2. The molecule has 4 nitrogen and oxygen atoms in total. The van der Waals surface area contributed by atoms with Gasteiger partial charge in [-0.25, -0.2) is 15.0 Å². The fourth-order valence-corrected chi connectivity index (χ4v) is 8.62. The van der Waals surface area contributed by atoms with Crippen molar-refractivity contribution >= 4 is 32.7 Å². The van der Waals surface area contributed by atoms with Gasteiger partial charge in [-0.15, -0.1) is 0 Å². The second kappa shape index (κ2) is 12.4. The van der Waals surface area contributed by atoms with Gasteiger partial charge in [0, 0.05) is 32.9 Å². The summed E-state index contributed by atoms with van der Waals surface area (Å²) in [6, 6.07) is 62.0. The van der Waals surface area contributed by atoms with Gasteiger partial charge in [-0.1, -0.05) is 159 Å². The van der Waals surface area contributed by atoms with Crippen LogP contribution in [-0.4, -0.2) is 15.0 Å².